The molecule has 0 atom stereocenters. The van der Waals surface area contributed by atoms with Crippen LogP contribution in [0, 0.1) is 5.41 Å². The SMILES string of the molecule is CCOC(=O)Oc1cc2cc(NC(=O)CC(C)(C)C)ccc2[nH]1. The standard InChI is InChI=1S/C17H22N2O4/c1-5-22-16(21)23-15-9-11-8-12(6-7-13(11)19-15)18-14(20)10-17(2,3)4/h6-9,19H,5,10H2,1-4H3,(H,18,20). The van der Waals surface area contributed by atoms with Crippen molar-refractivity contribution in [2.75, 3.05) is 11.9 Å². The van der Waals surface area contributed by atoms with Crippen molar-refractivity contribution < 1.29 is 19.1 Å². The van der Waals surface area contributed by atoms with E-state index in [1.165, 1.54) is 0 Å². The summed E-state index contributed by atoms with van der Waals surface area (Å²) in [6, 6.07) is 7.13. The molecule has 0 fully saturated rings. The number of anilines is 1. The number of aromatic nitrogens is 1. The van der Waals surface area contributed by atoms with Gasteiger partial charge in [0.05, 0.1) is 6.61 Å². The number of amides is 1. The van der Waals surface area contributed by atoms with Gasteiger partial charge in [0.15, 0.2) is 0 Å². The summed E-state index contributed by atoms with van der Waals surface area (Å²) < 4.78 is 9.75. The minimum absolute atomic E-state index is 0.0321. The number of ether oxygens (including phenoxy) is 2. The Hall–Kier alpha value is -2.50. The van der Waals surface area contributed by atoms with E-state index in [4.69, 9.17) is 9.47 Å². The quantitative estimate of drug-likeness (QED) is 0.832. The van der Waals surface area contributed by atoms with E-state index in [0.29, 0.717) is 18.0 Å². The van der Waals surface area contributed by atoms with Gasteiger partial charge >= 0.3 is 6.16 Å². The highest BCUT2D eigenvalue weighted by Crippen LogP contribution is 2.25. The van der Waals surface area contributed by atoms with Gasteiger partial charge in [-0.25, -0.2) is 4.79 Å². The normalized spacial score (nSPS) is 11.3. The lowest BCUT2D eigenvalue weighted by atomic mass is 9.92. The fraction of sp³-hybridized carbons (Fsp3) is 0.412. The maximum Gasteiger partial charge on any atom is 0.515 e. The second-order valence-corrected chi connectivity index (χ2v) is 6.51. The molecule has 0 aliphatic rings. The monoisotopic (exact) mass is 318 g/mol. The molecule has 2 aromatic rings. The third kappa shape index (κ3) is 5.02. The molecule has 124 valence electrons. The second kappa shape index (κ2) is 6.73. The summed E-state index contributed by atoms with van der Waals surface area (Å²) in [4.78, 5) is 26.3. The van der Waals surface area contributed by atoms with E-state index < -0.39 is 6.16 Å². The molecule has 0 unspecified atom stereocenters. The summed E-state index contributed by atoms with van der Waals surface area (Å²) >= 11 is 0. The Balaban J connectivity index is 2.10. The number of hydrogen-bond donors (Lipinski definition) is 2. The summed E-state index contributed by atoms with van der Waals surface area (Å²) in [6.07, 6.45) is -0.312. The largest absolute Gasteiger partial charge is 0.515 e. The van der Waals surface area contributed by atoms with Crippen LogP contribution in [-0.2, 0) is 9.53 Å². The number of benzene rings is 1. The van der Waals surface area contributed by atoms with Crippen LogP contribution in [0.5, 0.6) is 5.88 Å². The van der Waals surface area contributed by atoms with Crippen LogP contribution in [-0.4, -0.2) is 23.7 Å². The molecule has 0 saturated carbocycles. The van der Waals surface area contributed by atoms with Crippen LogP contribution in [0.4, 0.5) is 10.5 Å². The average molecular weight is 318 g/mol. The zero-order chi connectivity index (χ0) is 17.0. The topological polar surface area (TPSA) is 80.4 Å². The molecule has 2 N–H and O–H groups in total. The minimum Gasteiger partial charge on any atom is -0.434 e. The zero-order valence-corrected chi connectivity index (χ0v) is 13.9. The van der Waals surface area contributed by atoms with Crippen molar-refractivity contribution in [3.63, 3.8) is 0 Å². The van der Waals surface area contributed by atoms with Crippen LogP contribution in [0.3, 0.4) is 0 Å². The summed E-state index contributed by atoms with van der Waals surface area (Å²) in [6.45, 7) is 8.00. The first kappa shape index (κ1) is 16.9. The zero-order valence-electron chi connectivity index (χ0n) is 13.9. The van der Waals surface area contributed by atoms with E-state index >= 15 is 0 Å². The molecule has 1 amide bonds. The molecule has 6 nitrogen and oxygen atoms in total. The Morgan fingerprint density at radius 1 is 1.22 bits per heavy atom. The molecule has 1 heterocycles. The van der Waals surface area contributed by atoms with Gasteiger partial charge in [-0.2, -0.15) is 0 Å². The smallest absolute Gasteiger partial charge is 0.434 e. The van der Waals surface area contributed by atoms with E-state index in [0.717, 1.165) is 10.9 Å². The van der Waals surface area contributed by atoms with Crippen LogP contribution in [0.1, 0.15) is 34.1 Å². The van der Waals surface area contributed by atoms with E-state index in [1.54, 1.807) is 19.1 Å². The molecular weight excluding hydrogens is 296 g/mol. The highest BCUT2D eigenvalue weighted by Gasteiger charge is 2.16. The minimum atomic E-state index is -0.752. The lowest BCUT2D eigenvalue weighted by molar-refractivity contribution is -0.117. The molecule has 0 aliphatic heterocycles. The molecule has 0 bridgehead atoms. The second-order valence-electron chi connectivity index (χ2n) is 6.51. The molecule has 0 spiro atoms. The Labute approximate surface area is 135 Å². The van der Waals surface area contributed by atoms with E-state index in [1.807, 2.05) is 32.9 Å². The fourth-order valence-corrected chi connectivity index (χ4v) is 2.16. The predicted octanol–water partition coefficient (Wildman–Crippen LogP) is 4.08. The highest BCUT2D eigenvalue weighted by atomic mass is 16.7. The molecule has 1 aromatic heterocycles. The molecule has 2 rings (SSSR count). The van der Waals surface area contributed by atoms with Crippen molar-refractivity contribution in [1.82, 2.24) is 4.98 Å². The molecular formula is C17H22N2O4. The third-order valence-electron chi connectivity index (χ3n) is 3.03. The Morgan fingerprint density at radius 3 is 2.61 bits per heavy atom. The summed E-state index contributed by atoms with van der Waals surface area (Å²) in [5.74, 6) is 0.270. The van der Waals surface area contributed by atoms with E-state index in [9.17, 15) is 9.59 Å². The third-order valence-corrected chi connectivity index (χ3v) is 3.03. The molecule has 1 aromatic carbocycles. The maximum absolute atomic E-state index is 12.0. The number of fused-ring (bicyclic) bond motifs is 1. The average Bonchev–Trinajstić information content (AvgIpc) is 2.77. The van der Waals surface area contributed by atoms with Crippen LogP contribution in [0.2, 0.25) is 0 Å². The number of aromatic amines is 1. The van der Waals surface area contributed by atoms with Crippen molar-refractivity contribution in [3.8, 4) is 5.88 Å². The number of carbonyl (C=O) groups excluding carboxylic acids is 2. The van der Waals surface area contributed by atoms with Gasteiger partial charge in [0.2, 0.25) is 11.8 Å². The van der Waals surface area contributed by atoms with Gasteiger partial charge in [-0.3, -0.25) is 4.79 Å². The number of rotatable bonds is 4. The predicted molar refractivity (Wildman–Crippen MR) is 88.7 cm³/mol. The van der Waals surface area contributed by atoms with Gasteiger partial charge in [0.25, 0.3) is 0 Å². The van der Waals surface area contributed by atoms with Crippen LogP contribution < -0.4 is 10.1 Å². The van der Waals surface area contributed by atoms with Gasteiger partial charge < -0.3 is 19.8 Å². The molecule has 0 radical (unpaired) electrons. The molecule has 23 heavy (non-hydrogen) atoms. The van der Waals surface area contributed by atoms with Gasteiger partial charge in [-0.1, -0.05) is 20.8 Å². The van der Waals surface area contributed by atoms with Crippen LogP contribution in [0.15, 0.2) is 24.3 Å². The first-order valence-corrected chi connectivity index (χ1v) is 7.54. The summed E-state index contributed by atoms with van der Waals surface area (Å²) in [5, 5.41) is 3.71. The van der Waals surface area contributed by atoms with Gasteiger partial charge in [0.1, 0.15) is 0 Å². The van der Waals surface area contributed by atoms with Gasteiger partial charge in [-0.15, -0.1) is 0 Å². The van der Waals surface area contributed by atoms with Gasteiger partial charge in [0, 0.05) is 29.1 Å². The van der Waals surface area contributed by atoms with Crippen molar-refractivity contribution in [3.05, 3.63) is 24.3 Å². The van der Waals surface area contributed by atoms with Crippen LogP contribution >= 0.6 is 0 Å². The van der Waals surface area contributed by atoms with Crippen molar-refractivity contribution in [1.29, 1.82) is 0 Å². The van der Waals surface area contributed by atoms with E-state index in [2.05, 4.69) is 10.3 Å². The number of carbonyl (C=O) groups is 2. The van der Waals surface area contributed by atoms with Crippen molar-refractivity contribution >= 4 is 28.7 Å². The van der Waals surface area contributed by atoms with E-state index in [-0.39, 0.29) is 17.9 Å². The lowest BCUT2D eigenvalue weighted by Crippen LogP contribution is -2.19. The molecule has 0 aliphatic carbocycles. The Kier molecular flexibility index (Phi) is 4.93. The van der Waals surface area contributed by atoms with Crippen molar-refractivity contribution in [2.45, 2.75) is 34.1 Å². The maximum atomic E-state index is 12.0. The number of nitrogens with one attached hydrogen (secondary N) is 2. The Bertz CT molecular complexity index is 713. The first-order valence-electron chi connectivity index (χ1n) is 7.54. The highest BCUT2D eigenvalue weighted by molar-refractivity contribution is 5.94. The number of hydrogen-bond acceptors (Lipinski definition) is 4. The Morgan fingerprint density at radius 2 is 1.96 bits per heavy atom. The van der Waals surface area contributed by atoms with Gasteiger partial charge in [-0.05, 0) is 30.5 Å². The number of H-pyrrole nitrogens is 1. The molecule has 0 saturated heterocycles. The van der Waals surface area contributed by atoms with Crippen LogP contribution in [0.25, 0.3) is 10.9 Å². The summed E-state index contributed by atoms with van der Waals surface area (Å²) in [5.41, 5.74) is 1.44. The van der Waals surface area contributed by atoms with Crippen molar-refractivity contribution in [2.24, 2.45) is 5.41 Å². The summed E-state index contributed by atoms with van der Waals surface area (Å²) in [7, 11) is 0. The molecule has 6 heteroatoms. The first-order chi connectivity index (χ1) is 10.8. The lowest BCUT2D eigenvalue weighted by Gasteiger charge is -2.17. The fourth-order valence-electron chi connectivity index (χ4n) is 2.16.